The first-order chi connectivity index (χ1) is 12.8. The molecule has 0 saturated carbocycles. The van der Waals surface area contributed by atoms with Crippen molar-refractivity contribution >= 4 is 15.7 Å². The Bertz CT molecular complexity index is 1030. The van der Waals surface area contributed by atoms with Gasteiger partial charge in [0.05, 0.1) is 4.90 Å². The van der Waals surface area contributed by atoms with Gasteiger partial charge in [-0.3, -0.25) is 4.72 Å². The van der Waals surface area contributed by atoms with E-state index in [2.05, 4.69) is 30.5 Å². The number of aromatic nitrogens is 1. The molecule has 1 aromatic heterocycles. The number of rotatable bonds is 5. The van der Waals surface area contributed by atoms with Gasteiger partial charge in [0.1, 0.15) is 11.4 Å². The second kappa shape index (κ2) is 7.40. The van der Waals surface area contributed by atoms with Crippen molar-refractivity contribution in [3.8, 4) is 11.6 Å². The standard InChI is InChI=1S/C21H22N2O3S/c1-21(2,3)17-12-7-8-14-19(17)26-20-18(13-9-15-22-20)23-27(24,25)16-10-5-4-6-11-16/h4-15,23H,1-3H3. The van der Waals surface area contributed by atoms with E-state index in [1.807, 2.05) is 24.3 Å². The smallest absolute Gasteiger partial charge is 0.262 e. The fourth-order valence-corrected chi connectivity index (χ4v) is 3.71. The number of hydrogen-bond donors (Lipinski definition) is 1. The lowest BCUT2D eigenvalue weighted by molar-refractivity contribution is 0.442. The number of anilines is 1. The third-order valence-electron chi connectivity index (χ3n) is 3.97. The molecule has 1 heterocycles. The molecule has 2 aromatic carbocycles. The molecular weight excluding hydrogens is 360 g/mol. The van der Waals surface area contributed by atoms with Gasteiger partial charge in [-0.25, -0.2) is 13.4 Å². The molecule has 0 aliphatic rings. The fraction of sp³-hybridized carbons (Fsp3) is 0.190. The number of nitrogens with zero attached hydrogens (tertiary/aromatic N) is 1. The Labute approximate surface area is 160 Å². The van der Waals surface area contributed by atoms with Gasteiger partial charge in [0, 0.05) is 11.8 Å². The molecule has 0 unspecified atom stereocenters. The Morgan fingerprint density at radius 3 is 2.26 bits per heavy atom. The zero-order valence-electron chi connectivity index (χ0n) is 15.5. The largest absolute Gasteiger partial charge is 0.437 e. The summed E-state index contributed by atoms with van der Waals surface area (Å²) in [6, 6.07) is 19.1. The summed E-state index contributed by atoms with van der Waals surface area (Å²) in [5.74, 6) is 0.845. The average molecular weight is 382 g/mol. The molecule has 0 radical (unpaired) electrons. The van der Waals surface area contributed by atoms with E-state index in [0.717, 1.165) is 5.56 Å². The van der Waals surface area contributed by atoms with Gasteiger partial charge in [-0.15, -0.1) is 0 Å². The monoisotopic (exact) mass is 382 g/mol. The third kappa shape index (κ3) is 4.46. The second-order valence-corrected chi connectivity index (χ2v) is 8.81. The third-order valence-corrected chi connectivity index (χ3v) is 5.35. The highest BCUT2D eigenvalue weighted by atomic mass is 32.2. The molecule has 0 amide bonds. The lowest BCUT2D eigenvalue weighted by Crippen LogP contribution is -2.15. The van der Waals surface area contributed by atoms with Gasteiger partial charge < -0.3 is 4.74 Å². The number of hydrogen-bond acceptors (Lipinski definition) is 4. The zero-order chi connectivity index (χ0) is 19.5. The van der Waals surface area contributed by atoms with E-state index < -0.39 is 10.0 Å². The Balaban J connectivity index is 1.95. The van der Waals surface area contributed by atoms with Crippen LogP contribution in [0.25, 0.3) is 0 Å². The van der Waals surface area contributed by atoms with Gasteiger partial charge >= 0.3 is 0 Å². The summed E-state index contributed by atoms with van der Waals surface area (Å²) in [5.41, 5.74) is 1.16. The van der Waals surface area contributed by atoms with E-state index in [1.165, 1.54) is 12.1 Å². The molecule has 27 heavy (non-hydrogen) atoms. The highest BCUT2D eigenvalue weighted by Gasteiger charge is 2.21. The van der Waals surface area contributed by atoms with Gasteiger partial charge in [-0.2, -0.15) is 0 Å². The van der Waals surface area contributed by atoms with Crippen molar-refractivity contribution in [3.63, 3.8) is 0 Å². The summed E-state index contributed by atoms with van der Waals surface area (Å²) >= 11 is 0. The first-order valence-corrected chi connectivity index (χ1v) is 10.1. The van der Waals surface area contributed by atoms with E-state index in [-0.39, 0.29) is 21.9 Å². The molecule has 0 bridgehead atoms. The van der Waals surface area contributed by atoms with Crippen molar-refractivity contribution in [2.45, 2.75) is 31.1 Å². The Hall–Kier alpha value is -2.86. The highest BCUT2D eigenvalue weighted by Crippen LogP contribution is 2.35. The Morgan fingerprint density at radius 2 is 1.56 bits per heavy atom. The summed E-state index contributed by atoms with van der Waals surface area (Å²) in [4.78, 5) is 4.40. The molecule has 5 nitrogen and oxygen atoms in total. The predicted molar refractivity (Wildman–Crippen MR) is 107 cm³/mol. The Morgan fingerprint density at radius 1 is 0.889 bits per heavy atom. The predicted octanol–water partition coefficient (Wildman–Crippen LogP) is 4.97. The van der Waals surface area contributed by atoms with Crippen LogP contribution in [0.4, 0.5) is 5.69 Å². The molecule has 0 aliphatic carbocycles. The van der Waals surface area contributed by atoms with E-state index in [4.69, 9.17) is 4.74 Å². The highest BCUT2D eigenvalue weighted by molar-refractivity contribution is 7.92. The molecule has 0 aliphatic heterocycles. The van der Waals surface area contributed by atoms with Crippen LogP contribution in [-0.2, 0) is 15.4 Å². The van der Waals surface area contributed by atoms with Crippen LogP contribution in [0.2, 0.25) is 0 Å². The molecule has 6 heteroatoms. The van der Waals surface area contributed by atoms with Gasteiger partial charge in [-0.05, 0) is 35.7 Å². The molecule has 0 atom stereocenters. The average Bonchev–Trinajstić information content (AvgIpc) is 2.63. The topological polar surface area (TPSA) is 68.3 Å². The number of ether oxygens (including phenoxy) is 1. The molecule has 3 rings (SSSR count). The van der Waals surface area contributed by atoms with Crippen LogP contribution in [0.1, 0.15) is 26.3 Å². The van der Waals surface area contributed by atoms with E-state index in [0.29, 0.717) is 5.75 Å². The minimum atomic E-state index is -3.74. The van der Waals surface area contributed by atoms with E-state index >= 15 is 0 Å². The van der Waals surface area contributed by atoms with Crippen LogP contribution in [0.3, 0.4) is 0 Å². The Kier molecular flexibility index (Phi) is 5.19. The first kappa shape index (κ1) is 18.9. The maximum Gasteiger partial charge on any atom is 0.262 e. The summed E-state index contributed by atoms with van der Waals surface area (Å²) in [7, 11) is -3.74. The maximum absolute atomic E-state index is 12.6. The van der Waals surface area contributed by atoms with Gasteiger partial charge in [0.2, 0.25) is 5.88 Å². The van der Waals surface area contributed by atoms with Crippen LogP contribution < -0.4 is 9.46 Å². The summed E-state index contributed by atoms with van der Waals surface area (Å²) in [5, 5.41) is 0. The quantitative estimate of drug-likeness (QED) is 0.676. The van der Waals surface area contributed by atoms with Crippen molar-refractivity contribution in [2.75, 3.05) is 4.72 Å². The maximum atomic E-state index is 12.6. The normalized spacial score (nSPS) is 11.8. The molecular formula is C21H22N2O3S. The van der Waals surface area contributed by atoms with Gasteiger partial charge in [0.15, 0.2) is 0 Å². The number of pyridine rings is 1. The first-order valence-electron chi connectivity index (χ1n) is 8.58. The van der Waals surface area contributed by atoms with Gasteiger partial charge in [0.25, 0.3) is 10.0 Å². The minimum Gasteiger partial charge on any atom is -0.437 e. The molecule has 3 aromatic rings. The molecule has 0 spiro atoms. The SMILES string of the molecule is CC(C)(C)c1ccccc1Oc1ncccc1NS(=O)(=O)c1ccccc1. The number of benzene rings is 2. The molecule has 0 saturated heterocycles. The van der Waals surface area contributed by atoms with Crippen LogP contribution in [0, 0.1) is 0 Å². The molecule has 1 N–H and O–H groups in total. The second-order valence-electron chi connectivity index (χ2n) is 7.12. The van der Waals surface area contributed by atoms with Crippen molar-refractivity contribution < 1.29 is 13.2 Å². The number of sulfonamides is 1. The van der Waals surface area contributed by atoms with Crippen molar-refractivity contribution in [1.29, 1.82) is 0 Å². The van der Waals surface area contributed by atoms with E-state index in [1.54, 1.807) is 36.5 Å². The van der Waals surface area contributed by atoms with Crippen LogP contribution in [0.5, 0.6) is 11.6 Å². The number of para-hydroxylation sites is 1. The van der Waals surface area contributed by atoms with Crippen LogP contribution in [-0.4, -0.2) is 13.4 Å². The summed E-state index contributed by atoms with van der Waals surface area (Å²) in [6.07, 6.45) is 1.56. The summed E-state index contributed by atoms with van der Waals surface area (Å²) in [6.45, 7) is 6.27. The van der Waals surface area contributed by atoms with Gasteiger partial charge in [-0.1, -0.05) is 57.2 Å². The van der Waals surface area contributed by atoms with Crippen LogP contribution >= 0.6 is 0 Å². The number of nitrogens with one attached hydrogen (secondary N) is 1. The zero-order valence-corrected chi connectivity index (χ0v) is 16.3. The van der Waals surface area contributed by atoms with Crippen LogP contribution in [0.15, 0.2) is 77.8 Å². The lowest BCUT2D eigenvalue weighted by Gasteiger charge is -2.22. The minimum absolute atomic E-state index is 0.130. The summed E-state index contributed by atoms with van der Waals surface area (Å²) < 4.78 is 33.9. The van der Waals surface area contributed by atoms with E-state index in [9.17, 15) is 8.42 Å². The molecule has 140 valence electrons. The fourth-order valence-electron chi connectivity index (χ4n) is 2.63. The van der Waals surface area contributed by atoms with Crippen molar-refractivity contribution in [3.05, 3.63) is 78.5 Å². The van der Waals surface area contributed by atoms with Crippen molar-refractivity contribution in [1.82, 2.24) is 4.98 Å². The lowest BCUT2D eigenvalue weighted by atomic mass is 9.86. The molecule has 0 fully saturated rings. The van der Waals surface area contributed by atoms with Crippen molar-refractivity contribution in [2.24, 2.45) is 0 Å².